The summed E-state index contributed by atoms with van der Waals surface area (Å²) in [6.07, 6.45) is 4.69. The summed E-state index contributed by atoms with van der Waals surface area (Å²) in [5.74, 6) is 1.09. The maximum absolute atomic E-state index is 5.56. The van der Waals surface area contributed by atoms with Crippen molar-refractivity contribution in [3.8, 4) is 5.75 Å². The molecule has 0 fully saturated rings. The van der Waals surface area contributed by atoms with Crippen molar-refractivity contribution in [2.45, 2.75) is 52.5 Å². The summed E-state index contributed by atoms with van der Waals surface area (Å²) < 4.78 is 5.56. The molecule has 1 N–H and O–H groups in total. The molecule has 0 bridgehead atoms. The van der Waals surface area contributed by atoms with Gasteiger partial charge in [-0.25, -0.2) is 0 Å². The molecule has 1 aliphatic heterocycles. The second kappa shape index (κ2) is 5.96. The molecule has 0 radical (unpaired) electrons. The molecular weight excluding hydrogens is 234 g/mol. The molecule has 1 aromatic rings. The fraction of sp³-hybridized carbons (Fsp3) is 0.647. The molecule has 1 atom stereocenters. The fourth-order valence-corrected chi connectivity index (χ4v) is 2.91. The Kier molecular flexibility index (Phi) is 4.51. The standard InChI is InChI=1S/C17H27NO/c1-13(18-4)12-17(2,3)9-7-14-5-6-16-15(11-14)8-10-19-16/h5-6,11,13,18H,7-10,12H2,1-4H3. The Bertz CT molecular complexity index is 425. The molecule has 1 heterocycles. The van der Waals surface area contributed by atoms with Gasteiger partial charge in [0.2, 0.25) is 0 Å². The number of benzene rings is 1. The molecule has 19 heavy (non-hydrogen) atoms. The van der Waals surface area contributed by atoms with Gasteiger partial charge in [-0.2, -0.15) is 0 Å². The van der Waals surface area contributed by atoms with Crippen LogP contribution in [0.3, 0.4) is 0 Å². The third-order valence-electron chi connectivity index (χ3n) is 4.20. The average molecular weight is 261 g/mol. The van der Waals surface area contributed by atoms with E-state index in [9.17, 15) is 0 Å². The highest BCUT2D eigenvalue weighted by Gasteiger charge is 2.21. The van der Waals surface area contributed by atoms with Crippen molar-refractivity contribution in [1.29, 1.82) is 0 Å². The van der Waals surface area contributed by atoms with Crippen LogP contribution in [0.25, 0.3) is 0 Å². The van der Waals surface area contributed by atoms with Crippen LogP contribution in [-0.2, 0) is 12.8 Å². The minimum atomic E-state index is 0.387. The Morgan fingerprint density at radius 3 is 2.89 bits per heavy atom. The van der Waals surface area contributed by atoms with Crippen LogP contribution in [0.2, 0.25) is 0 Å². The van der Waals surface area contributed by atoms with E-state index in [4.69, 9.17) is 4.74 Å². The van der Waals surface area contributed by atoms with Gasteiger partial charge in [0.05, 0.1) is 6.61 Å². The van der Waals surface area contributed by atoms with Crippen molar-refractivity contribution in [3.05, 3.63) is 29.3 Å². The van der Waals surface area contributed by atoms with Gasteiger partial charge in [-0.05, 0) is 55.8 Å². The van der Waals surface area contributed by atoms with Crippen LogP contribution in [0, 0.1) is 5.41 Å². The lowest BCUT2D eigenvalue weighted by atomic mass is 9.81. The van der Waals surface area contributed by atoms with Crippen LogP contribution in [0.15, 0.2) is 18.2 Å². The first kappa shape index (κ1) is 14.4. The van der Waals surface area contributed by atoms with E-state index in [0.717, 1.165) is 25.2 Å². The highest BCUT2D eigenvalue weighted by Crippen LogP contribution is 2.31. The van der Waals surface area contributed by atoms with E-state index in [1.54, 1.807) is 0 Å². The summed E-state index contributed by atoms with van der Waals surface area (Å²) in [6, 6.07) is 7.28. The van der Waals surface area contributed by atoms with E-state index in [2.05, 4.69) is 44.3 Å². The molecule has 0 aromatic heterocycles. The van der Waals surface area contributed by atoms with Crippen LogP contribution in [0.4, 0.5) is 0 Å². The zero-order valence-corrected chi connectivity index (χ0v) is 12.8. The first-order valence-electron chi connectivity index (χ1n) is 7.42. The average Bonchev–Trinajstić information content (AvgIpc) is 2.83. The quantitative estimate of drug-likeness (QED) is 0.845. The van der Waals surface area contributed by atoms with Crippen LogP contribution in [0.1, 0.15) is 44.7 Å². The molecule has 2 heteroatoms. The Morgan fingerprint density at radius 2 is 2.16 bits per heavy atom. The first-order chi connectivity index (χ1) is 9.00. The lowest BCUT2D eigenvalue weighted by Gasteiger charge is -2.28. The van der Waals surface area contributed by atoms with E-state index in [1.165, 1.54) is 24.0 Å². The molecule has 0 spiro atoms. The Balaban J connectivity index is 1.91. The molecule has 0 amide bonds. The molecule has 2 nitrogen and oxygen atoms in total. The molecule has 2 rings (SSSR count). The Hall–Kier alpha value is -1.02. The van der Waals surface area contributed by atoms with Gasteiger partial charge < -0.3 is 10.1 Å². The van der Waals surface area contributed by atoms with Gasteiger partial charge in [0.25, 0.3) is 0 Å². The molecule has 1 aliphatic rings. The second-order valence-electron chi connectivity index (χ2n) is 6.60. The van der Waals surface area contributed by atoms with Crippen LogP contribution >= 0.6 is 0 Å². The van der Waals surface area contributed by atoms with Crippen LogP contribution < -0.4 is 10.1 Å². The number of nitrogens with one attached hydrogen (secondary N) is 1. The topological polar surface area (TPSA) is 21.3 Å². The molecule has 1 unspecified atom stereocenters. The fourth-order valence-electron chi connectivity index (χ4n) is 2.91. The Labute approximate surface area is 117 Å². The summed E-state index contributed by atoms with van der Waals surface area (Å²) in [4.78, 5) is 0. The molecule has 0 saturated heterocycles. The zero-order chi connectivity index (χ0) is 13.9. The molecule has 106 valence electrons. The van der Waals surface area contributed by atoms with E-state index in [1.807, 2.05) is 7.05 Å². The van der Waals surface area contributed by atoms with Gasteiger partial charge in [-0.15, -0.1) is 0 Å². The molecular formula is C17H27NO. The van der Waals surface area contributed by atoms with Gasteiger partial charge in [0, 0.05) is 12.5 Å². The predicted molar refractivity (Wildman–Crippen MR) is 80.9 cm³/mol. The normalized spacial score (nSPS) is 16.0. The monoisotopic (exact) mass is 261 g/mol. The summed E-state index contributed by atoms with van der Waals surface area (Å²) in [5, 5.41) is 3.34. The minimum Gasteiger partial charge on any atom is -0.493 e. The largest absolute Gasteiger partial charge is 0.493 e. The first-order valence-corrected chi connectivity index (χ1v) is 7.42. The number of rotatable bonds is 6. The van der Waals surface area contributed by atoms with E-state index >= 15 is 0 Å². The van der Waals surface area contributed by atoms with E-state index < -0.39 is 0 Å². The maximum Gasteiger partial charge on any atom is 0.122 e. The van der Waals surface area contributed by atoms with Crippen LogP contribution in [-0.4, -0.2) is 19.7 Å². The maximum atomic E-state index is 5.56. The Morgan fingerprint density at radius 1 is 1.37 bits per heavy atom. The van der Waals surface area contributed by atoms with Crippen molar-refractivity contribution in [2.24, 2.45) is 5.41 Å². The predicted octanol–water partition coefficient (Wildman–Crippen LogP) is 3.58. The summed E-state index contributed by atoms with van der Waals surface area (Å²) in [7, 11) is 2.04. The number of fused-ring (bicyclic) bond motifs is 1. The molecule has 0 saturated carbocycles. The van der Waals surface area contributed by atoms with Crippen molar-refractivity contribution in [3.63, 3.8) is 0 Å². The number of aryl methyl sites for hydroxylation is 1. The van der Waals surface area contributed by atoms with Gasteiger partial charge in [0.1, 0.15) is 5.75 Å². The lowest BCUT2D eigenvalue weighted by Crippen LogP contribution is -2.28. The zero-order valence-electron chi connectivity index (χ0n) is 12.8. The van der Waals surface area contributed by atoms with Gasteiger partial charge >= 0.3 is 0 Å². The number of hydrogen-bond acceptors (Lipinski definition) is 2. The second-order valence-corrected chi connectivity index (χ2v) is 6.60. The summed E-state index contributed by atoms with van der Waals surface area (Å²) in [5.41, 5.74) is 3.23. The highest BCUT2D eigenvalue weighted by atomic mass is 16.5. The molecule has 1 aromatic carbocycles. The smallest absolute Gasteiger partial charge is 0.122 e. The van der Waals surface area contributed by atoms with Crippen molar-refractivity contribution in [1.82, 2.24) is 5.32 Å². The number of ether oxygens (including phenoxy) is 1. The van der Waals surface area contributed by atoms with Crippen LogP contribution in [0.5, 0.6) is 5.75 Å². The third kappa shape index (κ3) is 3.97. The van der Waals surface area contributed by atoms with Gasteiger partial charge in [0.15, 0.2) is 0 Å². The van der Waals surface area contributed by atoms with Gasteiger partial charge in [-0.1, -0.05) is 26.0 Å². The summed E-state index contributed by atoms with van der Waals surface area (Å²) >= 11 is 0. The minimum absolute atomic E-state index is 0.387. The third-order valence-corrected chi connectivity index (χ3v) is 4.20. The lowest BCUT2D eigenvalue weighted by molar-refractivity contribution is 0.274. The summed E-state index contributed by atoms with van der Waals surface area (Å²) in [6.45, 7) is 7.85. The highest BCUT2D eigenvalue weighted by molar-refractivity contribution is 5.39. The number of hydrogen-bond donors (Lipinski definition) is 1. The SMILES string of the molecule is CNC(C)CC(C)(C)CCc1ccc2c(c1)CCO2. The van der Waals surface area contributed by atoms with E-state index in [-0.39, 0.29) is 0 Å². The van der Waals surface area contributed by atoms with Crippen molar-refractivity contribution in [2.75, 3.05) is 13.7 Å². The van der Waals surface area contributed by atoms with Crippen molar-refractivity contribution < 1.29 is 4.74 Å². The van der Waals surface area contributed by atoms with E-state index in [0.29, 0.717) is 11.5 Å². The van der Waals surface area contributed by atoms with Gasteiger partial charge in [-0.3, -0.25) is 0 Å². The molecule has 0 aliphatic carbocycles. The van der Waals surface area contributed by atoms with Crippen molar-refractivity contribution >= 4 is 0 Å².